The van der Waals surface area contributed by atoms with Gasteiger partial charge in [0, 0.05) is 5.39 Å². The quantitative estimate of drug-likeness (QED) is 0.289. The number of fused-ring (bicyclic) bond motifs is 1. The van der Waals surface area contributed by atoms with Gasteiger partial charge >= 0.3 is 0 Å². The Hall–Kier alpha value is -3.55. The van der Waals surface area contributed by atoms with Crippen LogP contribution in [0.3, 0.4) is 0 Å². The molecule has 4 aromatic carbocycles. The second-order valence-corrected chi connectivity index (χ2v) is 8.81. The monoisotopic (exact) mass is 434 g/mol. The number of nitrogens with one attached hydrogen (secondary N) is 2. The minimum absolute atomic E-state index is 0.0469. The summed E-state index contributed by atoms with van der Waals surface area (Å²) in [5.41, 5.74) is 5.23. The number of hydrazine groups is 1. The van der Waals surface area contributed by atoms with Gasteiger partial charge in [-0.05, 0) is 42.8 Å². The molecule has 0 saturated carbocycles. The molecule has 158 valence electrons. The molecule has 31 heavy (non-hydrogen) atoms. The number of sulfonamides is 1. The van der Waals surface area contributed by atoms with E-state index in [4.69, 9.17) is 4.74 Å². The maximum atomic E-state index is 12.6. The number of aryl methyl sites for hydroxylation is 1. The zero-order chi connectivity index (χ0) is 21.8. The van der Waals surface area contributed by atoms with Crippen molar-refractivity contribution in [1.29, 1.82) is 0 Å². The molecule has 3 N–H and O–H groups in total. The number of ether oxygens (including phenoxy) is 1. The predicted molar refractivity (Wildman–Crippen MR) is 122 cm³/mol. The Morgan fingerprint density at radius 2 is 1.61 bits per heavy atom. The lowest BCUT2D eigenvalue weighted by molar-refractivity contribution is 0.309. The highest BCUT2D eigenvalue weighted by Crippen LogP contribution is 2.37. The summed E-state index contributed by atoms with van der Waals surface area (Å²) in [6.07, 6.45) is 0. The number of hydrogen-bond acceptors (Lipinski definition) is 5. The Bertz CT molecular complexity index is 1310. The summed E-state index contributed by atoms with van der Waals surface area (Å²) in [7, 11) is -3.77. The first kappa shape index (κ1) is 20.7. The molecule has 0 atom stereocenters. The van der Waals surface area contributed by atoms with E-state index in [1.165, 1.54) is 6.07 Å². The summed E-state index contributed by atoms with van der Waals surface area (Å²) >= 11 is 0. The normalized spacial score (nSPS) is 11.4. The molecule has 0 radical (unpaired) electrons. The molecule has 0 saturated heterocycles. The van der Waals surface area contributed by atoms with Crippen molar-refractivity contribution < 1.29 is 18.3 Å². The molecule has 0 bridgehead atoms. The summed E-state index contributed by atoms with van der Waals surface area (Å²) in [6, 6.07) is 24.7. The smallest absolute Gasteiger partial charge is 0.257 e. The fraction of sp³-hybridized carbons (Fsp3) is 0.0833. The third-order valence-corrected chi connectivity index (χ3v) is 6.13. The topological polar surface area (TPSA) is 87.7 Å². The molecule has 0 aliphatic carbocycles. The van der Waals surface area contributed by atoms with Crippen LogP contribution in [0.25, 0.3) is 10.8 Å². The van der Waals surface area contributed by atoms with E-state index in [-0.39, 0.29) is 10.6 Å². The van der Waals surface area contributed by atoms with Gasteiger partial charge in [0.25, 0.3) is 10.0 Å². The highest BCUT2D eigenvalue weighted by atomic mass is 32.2. The van der Waals surface area contributed by atoms with Crippen LogP contribution in [0.4, 0.5) is 5.69 Å². The average Bonchev–Trinajstić information content (AvgIpc) is 2.78. The number of benzene rings is 4. The second kappa shape index (κ2) is 8.67. The van der Waals surface area contributed by atoms with Gasteiger partial charge in [0.2, 0.25) is 0 Å². The summed E-state index contributed by atoms with van der Waals surface area (Å²) in [6.45, 7) is 2.24. The summed E-state index contributed by atoms with van der Waals surface area (Å²) in [5, 5.41) is 11.6. The standard InChI is InChI=1S/C24H22N2O4S/c1-17-10-12-19(13-11-17)31(28,29)26-25-21-14-15-22(27)24-20(21)8-5-9-23(24)30-16-18-6-3-2-4-7-18/h2-15,25-27H,16H2,1H3. The molecule has 0 fully saturated rings. The number of rotatable bonds is 7. The van der Waals surface area contributed by atoms with E-state index in [2.05, 4.69) is 10.3 Å². The lowest BCUT2D eigenvalue weighted by Gasteiger charge is -2.15. The van der Waals surface area contributed by atoms with Crippen molar-refractivity contribution in [1.82, 2.24) is 4.83 Å². The molecule has 4 rings (SSSR count). The van der Waals surface area contributed by atoms with Crippen LogP contribution < -0.4 is 15.0 Å². The van der Waals surface area contributed by atoms with E-state index in [1.54, 1.807) is 48.5 Å². The third-order valence-electron chi connectivity index (χ3n) is 4.87. The van der Waals surface area contributed by atoms with Gasteiger partial charge in [0.1, 0.15) is 18.1 Å². The SMILES string of the molecule is Cc1ccc(S(=O)(=O)NNc2ccc(O)c3c(OCc4ccccc4)cccc23)cc1. The molecule has 0 spiro atoms. The summed E-state index contributed by atoms with van der Waals surface area (Å²) in [4.78, 5) is 2.55. The van der Waals surface area contributed by atoms with Gasteiger partial charge in [-0.3, -0.25) is 0 Å². The first-order valence-electron chi connectivity index (χ1n) is 9.70. The zero-order valence-electron chi connectivity index (χ0n) is 16.9. The Morgan fingerprint density at radius 1 is 0.871 bits per heavy atom. The zero-order valence-corrected chi connectivity index (χ0v) is 17.7. The molecule has 0 heterocycles. The third kappa shape index (κ3) is 4.63. The van der Waals surface area contributed by atoms with Gasteiger partial charge in [-0.1, -0.05) is 60.2 Å². The minimum Gasteiger partial charge on any atom is -0.507 e. The molecule has 0 aromatic heterocycles. The number of hydrogen-bond donors (Lipinski definition) is 3. The van der Waals surface area contributed by atoms with Crippen LogP contribution in [0, 0.1) is 6.92 Å². The first-order valence-corrected chi connectivity index (χ1v) is 11.2. The fourth-order valence-corrected chi connectivity index (χ4v) is 4.07. The Balaban J connectivity index is 1.60. The summed E-state index contributed by atoms with van der Waals surface area (Å²) < 4.78 is 31.1. The predicted octanol–water partition coefficient (Wildman–Crippen LogP) is 4.74. The molecule has 4 aromatic rings. The van der Waals surface area contributed by atoms with E-state index < -0.39 is 10.0 Å². The van der Waals surface area contributed by atoms with Gasteiger partial charge in [-0.2, -0.15) is 0 Å². The fourth-order valence-electron chi connectivity index (χ4n) is 3.22. The van der Waals surface area contributed by atoms with E-state index in [1.807, 2.05) is 37.3 Å². The summed E-state index contributed by atoms with van der Waals surface area (Å²) in [5.74, 6) is 0.550. The van der Waals surface area contributed by atoms with E-state index >= 15 is 0 Å². The number of aromatic hydroxyl groups is 1. The maximum Gasteiger partial charge on any atom is 0.257 e. The van der Waals surface area contributed by atoms with Crippen LogP contribution in [0.5, 0.6) is 11.5 Å². The van der Waals surface area contributed by atoms with Gasteiger partial charge in [-0.15, -0.1) is 4.83 Å². The minimum atomic E-state index is -3.77. The van der Waals surface area contributed by atoms with Crippen molar-refractivity contribution in [3.8, 4) is 11.5 Å². The lowest BCUT2D eigenvalue weighted by Crippen LogP contribution is -2.29. The van der Waals surface area contributed by atoms with Crippen molar-refractivity contribution in [2.24, 2.45) is 0 Å². The van der Waals surface area contributed by atoms with Crippen LogP contribution in [0.2, 0.25) is 0 Å². The highest BCUT2D eigenvalue weighted by Gasteiger charge is 2.16. The van der Waals surface area contributed by atoms with Crippen LogP contribution in [-0.2, 0) is 16.6 Å². The first-order chi connectivity index (χ1) is 14.9. The van der Waals surface area contributed by atoms with Crippen molar-refractivity contribution in [2.75, 3.05) is 5.43 Å². The van der Waals surface area contributed by atoms with Crippen LogP contribution >= 0.6 is 0 Å². The number of phenolic OH excluding ortho intramolecular Hbond substituents is 1. The number of phenols is 1. The van der Waals surface area contributed by atoms with Crippen molar-refractivity contribution in [3.05, 3.63) is 96.1 Å². The molecule has 0 aliphatic rings. The molecule has 0 unspecified atom stereocenters. The largest absolute Gasteiger partial charge is 0.507 e. The van der Waals surface area contributed by atoms with Crippen molar-refractivity contribution in [3.63, 3.8) is 0 Å². The van der Waals surface area contributed by atoms with E-state index in [0.29, 0.717) is 28.8 Å². The maximum absolute atomic E-state index is 12.6. The van der Waals surface area contributed by atoms with Crippen LogP contribution in [-0.4, -0.2) is 13.5 Å². The van der Waals surface area contributed by atoms with Crippen molar-refractivity contribution >= 4 is 26.5 Å². The molecule has 6 nitrogen and oxygen atoms in total. The Kier molecular flexibility index (Phi) is 5.79. The molecule has 0 aliphatic heterocycles. The van der Waals surface area contributed by atoms with Gasteiger partial charge in [0.05, 0.1) is 16.0 Å². The molecular formula is C24H22N2O4S. The van der Waals surface area contributed by atoms with E-state index in [9.17, 15) is 13.5 Å². The van der Waals surface area contributed by atoms with Crippen molar-refractivity contribution in [2.45, 2.75) is 18.4 Å². The lowest BCUT2D eigenvalue weighted by atomic mass is 10.1. The molecule has 0 amide bonds. The Labute approximate surface area is 181 Å². The van der Waals surface area contributed by atoms with E-state index in [0.717, 1.165) is 11.1 Å². The van der Waals surface area contributed by atoms with Crippen LogP contribution in [0.1, 0.15) is 11.1 Å². The van der Waals surface area contributed by atoms with Gasteiger partial charge < -0.3 is 15.3 Å². The van der Waals surface area contributed by atoms with Gasteiger partial charge in [-0.25, -0.2) is 8.42 Å². The molecule has 7 heteroatoms. The second-order valence-electron chi connectivity index (χ2n) is 7.13. The molecular weight excluding hydrogens is 412 g/mol. The number of anilines is 1. The average molecular weight is 435 g/mol. The highest BCUT2D eigenvalue weighted by molar-refractivity contribution is 7.89. The van der Waals surface area contributed by atoms with Gasteiger partial charge in [0.15, 0.2) is 0 Å². The Morgan fingerprint density at radius 3 is 2.35 bits per heavy atom. The van der Waals surface area contributed by atoms with Crippen LogP contribution in [0.15, 0.2) is 89.8 Å².